The van der Waals surface area contributed by atoms with E-state index in [9.17, 15) is 0 Å². The van der Waals surface area contributed by atoms with Gasteiger partial charge in [-0.3, -0.25) is 0 Å². The third kappa shape index (κ3) is 2.63. The zero-order valence-electron chi connectivity index (χ0n) is 10.3. The molecule has 0 aliphatic carbocycles. The van der Waals surface area contributed by atoms with E-state index in [-0.39, 0.29) is 0 Å². The topological polar surface area (TPSA) is 42.2 Å². The summed E-state index contributed by atoms with van der Waals surface area (Å²) in [4.78, 5) is 2.06. The van der Waals surface area contributed by atoms with Crippen molar-refractivity contribution in [3.05, 3.63) is 72.4 Å². The Morgan fingerprint density at radius 3 is 2.21 bits per heavy atom. The molecule has 0 saturated heterocycles. The van der Waals surface area contributed by atoms with Crippen LogP contribution in [0.1, 0.15) is 5.56 Å². The molecule has 4 heteroatoms. The number of hydrogen-bond acceptors (Lipinski definition) is 4. The van der Waals surface area contributed by atoms with Crippen LogP contribution in [0.4, 0.5) is 11.5 Å². The van der Waals surface area contributed by atoms with Gasteiger partial charge in [-0.1, -0.05) is 53.7 Å². The smallest absolute Gasteiger partial charge is 0.198 e. The van der Waals surface area contributed by atoms with Gasteiger partial charge < -0.3 is 4.90 Å². The van der Waals surface area contributed by atoms with Crippen LogP contribution in [0.15, 0.2) is 71.5 Å². The summed E-state index contributed by atoms with van der Waals surface area (Å²) in [5.74, 6) is 0.704. The van der Waals surface area contributed by atoms with Crippen LogP contribution >= 0.6 is 0 Å². The molecule has 0 aliphatic rings. The van der Waals surface area contributed by atoms with E-state index in [1.165, 1.54) is 5.56 Å². The minimum Gasteiger partial charge on any atom is -0.318 e. The van der Waals surface area contributed by atoms with Gasteiger partial charge in [-0.05, 0) is 22.9 Å². The standard InChI is InChI=1S/C15H13N3O/c1-3-7-13(8-4-1)12-18(15-11-16-19-17-15)14-9-5-2-6-10-14/h1-11H,12H2. The molecule has 4 nitrogen and oxygen atoms in total. The first-order valence-corrected chi connectivity index (χ1v) is 6.07. The Morgan fingerprint density at radius 1 is 0.895 bits per heavy atom. The van der Waals surface area contributed by atoms with Gasteiger partial charge in [-0.15, -0.1) is 0 Å². The number of para-hydroxylation sites is 1. The quantitative estimate of drug-likeness (QED) is 0.712. The summed E-state index contributed by atoms with van der Waals surface area (Å²) < 4.78 is 4.71. The molecule has 2 aromatic carbocycles. The highest BCUT2D eigenvalue weighted by Crippen LogP contribution is 2.24. The monoisotopic (exact) mass is 251 g/mol. The predicted molar refractivity (Wildman–Crippen MR) is 73.0 cm³/mol. The van der Waals surface area contributed by atoms with Crippen LogP contribution < -0.4 is 4.90 Å². The zero-order valence-corrected chi connectivity index (χ0v) is 10.3. The van der Waals surface area contributed by atoms with Crippen LogP contribution in [0, 0.1) is 0 Å². The van der Waals surface area contributed by atoms with E-state index in [0.29, 0.717) is 5.82 Å². The molecule has 0 amide bonds. The summed E-state index contributed by atoms with van der Waals surface area (Å²) in [7, 11) is 0. The average Bonchev–Trinajstić information content (AvgIpc) is 3.01. The Kier molecular flexibility index (Phi) is 3.23. The Balaban J connectivity index is 1.94. The fourth-order valence-electron chi connectivity index (χ4n) is 1.96. The lowest BCUT2D eigenvalue weighted by molar-refractivity contribution is 0.307. The van der Waals surface area contributed by atoms with Gasteiger partial charge in [-0.2, -0.15) is 0 Å². The number of rotatable bonds is 4. The van der Waals surface area contributed by atoms with Gasteiger partial charge in [0.05, 0.1) is 0 Å². The Bertz CT molecular complexity index is 608. The molecule has 0 N–H and O–H groups in total. The molecule has 19 heavy (non-hydrogen) atoms. The summed E-state index contributed by atoms with van der Waals surface area (Å²) in [5, 5.41) is 7.61. The number of anilines is 2. The summed E-state index contributed by atoms with van der Waals surface area (Å²) >= 11 is 0. The summed E-state index contributed by atoms with van der Waals surface area (Å²) in [6.07, 6.45) is 1.62. The molecule has 94 valence electrons. The van der Waals surface area contributed by atoms with Gasteiger partial charge in [0.25, 0.3) is 0 Å². The highest BCUT2D eigenvalue weighted by Gasteiger charge is 2.13. The van der Waals surface area contributed by atoms with Gasteiger partial charge in [0.1, 0.15) is 6.20 Å². The predicted octanol–water partition coefficient (Wildman–Crippen LogP) is 3.41. The van der Waals surface area contributed by atoms with Crippen LogP contribution in [-0.2, 0) is 6.54 Å². The maximum absolute atomic E-state index is 4.71. The van der Waals surface area contributed by atoms with E-state index in [2.05, 4.69) is 27.3 Å². The first-order chi connectivity index (χ1) is 9.43. The summed E-state index contributed by atoms with van der Waals surface area (Å²) in [6, 6.07) is 20.3. The number of aromatic nitrogens is 2. The lowest BCUT2D eigenvalue weighted by Crippen LogP contribution is -2.16. The lowest BCUT2D eigenvalue weighted by atomic mass is 10.2. The van der Waals surface area contributed by atoms with Gasteiger partial charge in [-0.25, -0.2) is 4.63 Å². The molecule has 0 saturated carbocycles. The molecule has 1 heterocycles. The lowest BCUT2D eigenvalue weighted by Gasteiger charge is -2.21. The maximum Gasteiger partial charge on any atom is 0.198 e. The molecule has 0 atom stereocenters. The number of benzene rings is 2. The highest BCUT2D eigenvalue weighted by atomic mass is 16.6. The maximum atomic E-state index is 4.71. The summed E-state index contributed by atoms with van der Waals surface area (Å²) in [5.41, 5.74) is 2.26. The van der Waals surface area contributed by atoms with E-state index < -0.39 is 0 Å². The Morgan fingerprint density at radius 2 is 1.58 bits per heavy atom. The van der Waals surface area contributed by atoms with E-state index in [1.807, 2.05) is 48.5 Å². The van der Waals surface area contributed by atoms with Gasteiger partial charge in [0.2, 0.25) is 0 Å². The van der Waals surface area contributed by atoms with Crippen molar-refractivity contribution < 1.29 is 4.63 Å². The highest BCUT2D eigenvalue weighted by molar-refractivity contribution is 5.58. The molecule has 0 aliphatic heterocycles. The largest absolute Gasteiger partial charge is 0.318 e. The normalized spacial score (nSPS) is 10.3. The third-order valence-corrected chi connectivity index (χ3v) is 2.88. The molecule has 0 radical (unpaired) electrons. The Labute approximate surface area is 111 Å². The second kappa shape index (κ2) is 5.35. The molecule has 1 aromatic heterocycles. The molecular formula is C15H13N3O. The van der Waals surface area contributed by atoms with Crippen molar-refractivity contribution in [1.29, 1.82) is 0 Å². The summed E-state index contributed by atoms with van der Waals surface area (Å²) in [6.45, 7) is 0.721. The van der Waals surface area contributed by atoms with Gasteiger partial charge in [0.15, 0.2) is 5.82 Å². The SMILES string of the molecule is c1ccc(CN(c2ccccc2)c2cnon2)cc1. The first kappa shape index (κ1) is 11.5. The van der Waals surface area contributed by atoms with Crippen molar-refractivity contribution in [2.45, 2.75) is 6.54 Å². The van der Waals surface area contributed by atoms with Crippen molar-refractivity contribution in [2.75, 3.05) is 4.90 Å². The van der Waals surface area contributed by atoms with E-state index in [0.717, 1.165) is 12.2 Å². The molecule has 3 rings (SSSR count). The third-order valence-electron chi connectivity index (χ3n) is 2.88. The second-order valence-corrected chi connectivity index (χ2v) is 4.17. The molecule has 0 unspecified atom stereocenters. The van der Waals surface area contributed by atoms with Gasteiger partial charge in [0, 0.05) is 12.2 Å². The molecule has 3 aromatic rings. The fourth-order valence-corrected chi connectivity index (χ4v) is 1.96. The second-order valence-electron chi connectivity index (χ2n) is 4.17. The van der Waals surface area contributed by atoms with E-state index >= 15 is 0 Å². The van der Waals surface area contributed by atoms with Crippen molar-refractivity contribution in [2.24, 2.45) is 0 Å². The minimum atomic E-state index is 0.704. The van der Waals surface area contributed by atoms with Crippen molar-refractivity contribution in [1.82, 2.24) is 10.3 Å². The van der Waals surface area contributed by atoms with Crippen LogP contribution in [0.25, 0.3) is 0 Å². The van der Waals surface area contributed by atoms with Crippen LogP contribution in [-0.4, -0.2) is 10.3 Å². The van der Waals surface area contributed by atoms with Crippen LogP contribution in [0.5, 0.6) is 0 Å². The van der Waals surface area contributed by atoms with Crippen molar-refractivity contribution in [3.8, 4) is 0 Å². The molecule has 0 bridgehead atoms. The van der Waals surface area contributed by atoms with E-state index in [1.54, 1.807) is 6.20 Å². The molecular weight excluding hydrogens is 238 g/mol. The molecule has 0 fully saturated rings. The average molecular weight is 251 g/mol. The van der Waals surface area contributed by atoms with Crippen LogP contribution in [0.2, 0.25) is 0 Å². The zero-order chi connectivity index (χ0) is 12.9. The molecule has 0 spiro atoms. The fraction of sp³-hybridized carbons (Fsp3) is 0.0667. The van der Waals surface area contributed by atoms with E-state index in [4.69, 9.17) is 4.63 Å². The number of nitrogens with zero attached hydrogens (tertiary/aromatic N) is 3. The minimum absolute atomic E-state index is 0.704. The number of hydrogen-bond donors (Lipinski definition) is 0. The van der Waals surface area contributed by atoms with Gasteiger partial charge >= 0.3 is 0 Å². The van der Waals surface area contributed by atoms with Crippen molar-refractivity contribution in [3.63, 3.8) is 0 Å². The van der Waals surface area contributed by atoms with Crippen LogP contribution in [0.3, 0.4) is 0 Å². The van der Waals surface area contributed by atoms with Crippen molar-refractivity contribution >= 4 is 11.5 Å². The first-order valence-electron chi connectivity index (χ1n) is 6.07. The Hall–Kier alpha value is -2.62.